The van der Waals surface area contributed by atoms with Crippen molar-refractivity contribution in [2.24, 2.45) is 23.2 Å². The van der Waals surface area contributed by atoms with Gasteiger partial charge in [0.1, 0.15) is 5.56 Å². The number of benzene rings is 1. The molecule has 8 heteroatoms. The fourth-order valence-corrected chi connectivity index (χ4v) is 6.13. The van der Waals surface area contributed by atoms with Crippen molar-refractivity contribution in [2.45, 2.75) is 105 Å². The van der Waals surface area contributed by atoms with Gasteiger partial charge in [0.05, 0.1) is 6.61 Å². The first-order valence-electron chi connectivity index (χ1n) is 13.9. The highest BCUT2D eigenvalue weighted by Crippen LogP contribution is 2.37. The number of rotatable bonds is 13. The fourth-order valence-electron chi connectivity index (χ4n) is 4.08. The second-order valence-electron chi connectivity index (χ2n) is 12.1. The van der Waals surface area contributed by atoms with Crippen molar-refractivity contribution in [2.75, 3.05) is 12.4 Å². The third kappa shape index (κ3) is 13.1. The zero-order valence-corrected chi connectivity index (χ0v) is 26.5. The average Bonchev–Trinajstić information content (AvgIpc) is 2.80. The Kier molecular flexibility index (Phi) is 15.2. The maximum atomic E-state index is 13.5. The number of hydrogen-bond acceptors (Lipinski definition) is 5. The van der Waals surface area contributed by atoms with E-state index in [2.05, 4.69) is 46.3 Å². The highest BCUT2D eigenvalue weighted by molar-refractivity contribution is 7.99. The van der Waals surface area contributed by atoms with Crippen molar-refractivity contribution in [1.82, 2.24) is 0 Å². The predicted molar refractivity (Wildman–Crippen MR) is 161 cm³/mol. The van der Waals surface area contributed by atoms with Crippen LogP contribution in [0.1, 0.15) is 98.6 Å². The number of carbonyl (C=O) groups excluding carboxylic acids is 1. The standard InChI is InChI=1S/C21H25F3O3S2.C10H22/c1-14(2)6-8-17-16-9-7-15(28-11-5-3-4-10-27-13-25)12-18(16)29-20(26)19(17)21(22,23)24;1-8(2)7-9(3)10(4,5)6/h7,9,12-14H,3-6,8,10-11H2,1-2H3;8-9H,7H2,1-6H3. The molecule has 0 aliphatic heterocycles. The summed E-state index contributed by atoms with van der Waals surface area (Å²) < 4.78 is 44.9. The van der Waals surface area contributed by atoms with Gasteiger partial charge < -0.3 is 4.74 Å². The molecule has 39 heavy (non-hydrogen) atoms. The summed E-state index contributed by atoms with van der Waals surface area (Å²) in [6.45, 7) is 18.7. The first kappa shape index (κ1) is 35.5. The van der Waals surface area contributed by atoms with E-state index in [0.29, 0.717) is 46.3 Å². The number of unbranched alkanes of at least 4 members (excludes halogenated alkanes) is 2. The third-order valence-electron chi connectivity index (χ3n) is 6.79. The van der Waals surface area contributed by atoms with Crippen LogP contribution in [0.15, 0.2) is 27.9 Å². The van der Waals surface area contributed by atoms with Gasteiger partial charge in [0.25, 0.3) is 6.47 Å². The molecule has 0 bridgehead atoms. The molecular weight excluding hydrogens is 541 g/mol. The van der Waals surface area contributed by atoms with Crippen LogP contribution < -0.4 is 4.74 Å². The van der Waals surface area contributed by atoms with Gasteiger partial charge in [0, 0.05) is 9.60 Å². The second-order valence-corrected chi connectivity index (χ2v) is 14.3. The van der Waals surface area contributed by atoms with Crippen LogP contribution in [0.25, 0.3) is 10.1 Å². The van der Waals surface area contributed by atoms with Crippen molar-refractivity contribution in [1.29, 1.82) is 0 Å². The molecule has 0 saturated carbocycles. The zero-order chi connectivity index (χ0) is 29.8. The van der Waals surface area contributed by atoms with Crippen LogP contribution in [0.5, 0.6) is 0 Å². The molecule has 0 amide bonds. The quantitative estimate of drug-likeness (QED) is 0.133. The lowest BCUT2D eigenvalue weighted by Gasteiger charge is -2.28. The molecule has 1 heterocycles. The molecule has 0 spiro atoms. The summed E-state index contributed by atoms with van der Waals surface area (Å²) in [5.41, 5.74) is -0.394. The molecule has 3 nitrogen and oxygen atoms in total. The number of aryl methyl sites for hydroxylation is 1. The Morgan fingerprint density at radius 3 is 2.18 bits per heavy atom. The van der Waals surface area contributed by atoms with Crippen LogP contribution in [0.4, 0.5) is 13.2 Å². The molecule has 0 aliphatic rings. The van der Waals surface area contributed by atoms with Crippen LogP contribution in [0.3, 0.4) is 0 Å². The summed E-state index contributed by atoms with van der Waals surface area (Å²) in [5.74, 6) is 2.78. The lowest BCUT2D eigenvalue weighted by Crippen LogP contribution is -2.20. The van der Waals surface area contributed by atoms with E-state index < -0.39 is 16.5 Å². The summed E-state index contributed by atoms with van der Waals surface area (Å²) in [6, 6.07) is 5.37. The highest BCUT2D eigenvalue weighted by Gasteiger charge is 2.37. The van der Waals surface area contributed by atoms with E-state index in [1.165, 1.54) is 6.42 Å². The molecular formula is C31H47F3O3S2. The summed E-state index contributed by atoms with van der Waals surface area (Å²) in [7, 11) is 0. The number of alkyl halides is 3. The average molecular weight is 589 g/mol. The fraction of sp³-hybridized carbons (Fsp3) is 0.677. The molecule has 1 atom stereocenters. The van der Waals surface area contributed by atoms with Crippen molar-refractivity contribution in [3.8, 4) is 0 Å². The molecule has 0 fully saturated rings. The first-order chi connectivity index (χ1) is 18.1. The lowest BCUT2D eigenvalue weighted by molar-refractivity contribution is -0.138. The molecule has 2 aromatic rings. The van der Waals surface area contributed by atoms with E-state index >= 15 is 0 Å². The molecule has 2 rings (SSSR count). The molecule has 0 aliphatic carbocycles. The number of halogens is 3. The number of fused-ring (bicyclic) bond motifs is 1. The Labute approximate surface area is 241 Å². The van der Waals surface area contributed by atoms with Crippen LogP contribution >= 0.6 is 23.1 Å². The van der Waals surface area contributed by atoms with Crippen LogP contribution in [0, 0.1) is 23.2 Å². The molecule has 1 unspecified atom stereocenters. The summed E-state index contributed by atoms with van der Waals surface area (Å²) in [6.07, 6.45) is 0.207. The Morgan fingerprint density at radius 1 is 1.00 bits per heavy atom. The summed E-state index contributed by atoms with van der Waals surface area (Å²) in [4.78, 5) is 23.3. The SMILES string of the molecule is CC(C)CC(C)C(C)(C)C.CC(C)CCc1c(C(F)(F)F)c(=O)sc2cc(SCCCCCOC=O)ccc12. The number of thioether (sulfide) groups is 1. The monoisotopic (exact) mass is 588 g/mol. The van der Waals surface area contributed by atoms with Gasteiger partial charge in [-0.1, -0.05) is 72.8 Å². The maximum absolute atomic E-state index is 13.5. The number of carbonyl (C=O) groups is 1. The summed E-state index contributed by atoms with van der Waals surface area (Å²) in [5, 5.41) is 0.526. The van der Waals surface area contributed by atoms with Gasteiger partial charge in [-0.15, -0.1) is 11.8 Å². The normalized spacial score (nSPS) is 12.9. The minimum atomic E-state index is -4.64. The van der Waals surface area contributed by atoms with Crippen LogP contribution in [-0.2, 0) is 22.1 Å². The van der Waals surface area contributed by atoms with E-state index in [9.17, 15) is 22.8 Å². The molecule has 1 aromatic carbocycles. The lowest BCUT2D eigenvalue weighted by atomic mass is 9.78. The number of ether oxygens (including phenoxy) is 1. The Bertz CT molecular complexity index is 1070. The van der Waals surface area contributed by atoms with E-state index in [1.54, 1.807) is 17.8 Å². The van der Waals surface area contributed by atoms with Crippen LogP contribution in [0.2, 0.25) is 0 Å². The van der Waals surface area contributed by atoms with Gasteiger partial charge in [-0.05, 0) is 90.5 Å². The highest BCUT2D eigenvalue weighted by atomic mass is 32.2. The van der Waals surface area contributed by atoms with Gasteiger partial charge in [-0.25, -0.2) is 0 Å². The van der Waals surface area contributed by atoms with Gasteiger partial charge in [0.15, 0.2) is 0 Å². The maximum Gasteiger partial charge on any atom is 0.421 e. The van der Waals surface area contributed by atoms with Gasteiger partial charge in [-0.2, -0.15) is 13.2 Å². The van der Waals surface area contributed by atoms with E-state index in [0.717, 1.165) is 41.7 Å². The molecule has 0 saturated heterocycles. The number of hydrogen-bond donors (Lipinski definition) is 0. The zero-order valence-electron chi connectivity index (χ0n) is 24.9. The molecule has 222 valence electrons. The van der Waals surface area contributed by atoms with Gasteiger partial charge in [-0.3, -0.25) is 9.59 Å². The Balaban J connectivity index is 0.000000646. The van der Waals surface area contributed by atoms with Gasteiger partial charge in [0.2, 0.25) is 4.74 Å². The van der Waals surface area contributed by atoms with Crippen molar-refractivity contribution in [3.05, 3.63) is 38.9 Å². The van der Waals surface area contributed by atoms with Crippen molar-refractivity contribution >= 4 is 39.7 Å². The molecule has 1 aromatic heterocycles. The Hall–Kier alpha value is -1.54. The summed E-state index contributed by atoms with van der Waals surface area (Å²) >= 11 is 2.28. The Morgan fingerprint density at radius 2 is 1.67 bits per heavy atom. The van der Waals surface area contributed by atoms with Crippen LogP contribution in [-0.4, -0.2) is 18.8 Å². The second kappa shape index (κ2) is 16.7. The first-order valence-corrected chi connectivity index (χ1v) is 15.7. The molecule has 0 radical (unpaired) electrons. The minimum Gasteiger partial charge on any atom is -0.468 e. The minimum absolute atomic E-state index is 0.122. The van der Waals surface area contributed by atoms with E-state index in [-0.39, 0.29) is 17.9 Å². The third-order valence-corrected chi connectivity index (χ3v) is 8.82. The molecule has 0 N–H and O–H groups in total. The van der Waals surface area contributed by atoms with Gasteiger partial charge >= 0.3 is 6.18 Å². The largest absolute Gasteiger partial charge is 0.468 e. The van der Waals surface area contributed by atoms with Crippen molar-refractivity contribution < 1.29 is 22.7 Å². The topological polar surface area (TPSA) is 43.4 Å². The van der Waals surface area contributed by atoms with E-state index in [1.807, 2.05) is 26.0 Å². The predicted octanol–water partition coefficient (Wildman–Crippen LogP) is 10.0. The smallest absolute Gasteiger partial charge is 0.421 e. The van der Waals surface area contributed by atoms with E-state index in [4.69, 9.17) is 0 Å². The van der Waals surface area contributed by atoms with Crippen molar-refractivity contribution in [3.63, 3.8) is 0 Å².